The fourth-order valence-electron chi connectivity index (χ4n) is 1.53. The van der Waals surface area contributed by atoms with Crippen molar-refractivity contribution in [1.82, 2.24) is 10.6 Å². The third-order valence-corrected chi connectivity index (χ3v) is 4.72. The molecule has 0 saturated heterocycles. The van der Waals surface area contributed by atoms with E-state index in [1.165, 1.54) is 31.5 Å². The predicted octanol–water partition coefficient (Wildman–Crippen LogP) is 1.72. The highest BCUT2D eigenvalue weighted by Crippen LogP contribution is 2.30. The van der Waals surface area contributed by atoms with Gasteiger partial charge >= 0.3 is 0 Å². The van der Waals surface area contributed by atoms with E-state index in [-0.39, 0.29) is 20.8 Å². The van der Waals surface area contributed by atoms with Crippen LogP contribution in [-0.2, 0) is 14.8 Å². The van der Waals surface area contributed by atoms with Crippen molar-refractivity contribution in [2.45, 2.75) is 11.1 Å². The average molecular weight is 336 g/mol. The topological polar surface area (TPSA) is 79.8 Å². The molecule has 1 atom stereocenters. The molecule has 2 N–H and O–H groups in total. The van der Waals surface area contributed by atoms with Crippen molar-refractivity contribution in [3.8, 4) is 0 Å². The molecule has 20 heavy (non-hydrogen) atoms. The van der Waals surface area contributed by atoms with Crippen LogP contribution in [0.5, 0.6) is 0 Å². The Morgan fingerprint density at radius 1 is 1.30 bits per heavy atom. The summed E-state index contributed by atoms with van der Waals surface area (Å²) in [4.78, 5) is -0.162. The molecule has 0 amide bonds. The summed E-state index contributed by atoms with van der Waals surface area (Å²) in [7, 11) is -2.58. The number of nitrogens with one attached hydrogen (secondary N) is 2. The number of methoxy groups -OCH3 is 1. The predicted molar refractivity (Wildman–Crippen MR) is 77.3 cm³/mol. The average Bonchev–Trinajstić information content (AvgIpc) is 2.42. The van der Waals surface area contributed by atoms with Gasteiger partial charge in [-0.25, -0.2) is 0 Å². The first kappa shape index (κ1) is 15.1. The van der Waals surface area contributed by atoms with Gasteiger partial charge in [0.05, 0.1) is 10.0 Å². The molecule has 0 radical (unpaired) electrons. The first-order chi connectivity index (χ1) is 9.45. The molecule has 1 aromatic rings. The lowest BCUT2D eigenvalue weighted by Crippen LogP contribution is -2.45. The molecule has 0 unspecified atom stereocenters. The van der Waals surface area contributed by atoms with Crippen molar-refractivity contribution in [2.24, 2.45) is 4.40 Å². The van der Waals surface area contributed by atoms with Crippen LogP contribution in [-0.4, -0.2) is 27.6 Å². The zero-order valence-corrected chi connectivity index (χ0v) is 12.6. The summed E-state index contributed by atoms with van der Waals surface area (Å²) in [6, 6.07) is 4.32. The number of halogens is 2. The molecule has 0 spiro atoms. The van der Waals surface area contributed by atoms with E-state index >= 15 is 0 Å². The number of hydrogen-bond acceptors (Lipinski definition) is 4. The van der Waals surface area contributed by atoms with Crippen LogP contribution in [0.15, 0.2) is 39.9 Å². The molecule has 0 aliphatic carbocycles. The Kier molecular flexibility index (Phi) is 4.54. The summed E-state index contributed by atoms with van der Waals surface area (Å²) < 4.78 is 33.3. The lowest BCUT2D eigenvalue weighted by Gasteiger charge is -2.21. The highest BCUT2D eigenvalue weighted by atomic mass is 35.5. The molecular weight excluding hydrogens is 325 g/mol. The molecule has 1 heterocycles. The van der Waals surface area contributed by atoms with E-state index in [1.807, 2.05) is 0 Å². The molecule has 1 aliphatic rings. The van der Waals surface area contributed by atoms with Gasteiger partial charge in [0.1, 0.15) is 4.90 Å². The zero-order chi connectivity index (χ0) is 14.8. The van der Waals surface area contributed by atoms with Crippen LogP contribution in [0.25, 0.3) is 0 Å². The molecule has 9 heteroatoms. The monoisotopic (exact) mass is 335 g/mol. The Labute approximate surface area is 126 Å². The molecular formula is C11H11Cl2N3O3S. The maximum atomic E-state index is 12.3. The van der Waals surface area contributed by atoms with Gasteiger partial charge in [0.25, 0.3) is 10.0 Å². The van der Waals surface area contributed by atoms with Crippen LogP contribution in [0.3, 0.4) is 0 Å². The lowest BCUT2D eigenvalue weighted by molar-refractivity contribution is 0.135. The van der Waals surface area contributed by atoms with Crippen molar-refractivity contribution >= 4 is 39.1 Å². The molecule has 0 bridgehead atoms. The highest BCUT2D eigenvalue weighted by molar-refractivity contribution is 7.90. The van der Waals surface area contributed by atoms with Crippen LogP contribution in [0, 0.1) is 0 Å². The van der Waals surface area contributed by atoms with Gasteiger partial charge in [0, 0.05) is 19.5 Å². The Hall–Kier alpha value is -1.28. The third-order valence-electron chi connectivity index (χ3n) is 2.46. The lowest BCUT2D eigenvalue weighted by atomic mass is 10.4. The number of hydrogen-bond donors (Lipinski definition) is 2. The summed E-state index contributed by atoms with van der Waals surface area (Å²) in [5.41, 5.74) is 0. The van der Waals surface area contributed by atoms with Crippen molar-refractivity contribution in [3.05, 3.63) is 40.6 Å². The van der Waals surface area contributed by atoms with Gasteiger partial charge in [0.2, 0.25) is 0 Å². The van der Waals surface area contributed by atoms with Crippen LogP contribution in [0.1, 0.15) is 0 Å². The van der Waals surface area contributed by atoms with Crippen molar-refractivity contribution < 1.29 is 13.2 Å². The van der Waals surface area contributed by atoms with Gasteiger partial charge in [-0.2, -0.15) is 8.42 Å². The summed E-state index contributed by atoms with van der Waals surface area (Å²) >= 11 is 11.7. The van der Waals surface area contributed by atoms with E-state index in [1.54, 1.807) is 6.20 Å². The number of sulfonamides is 1. The third kappa shape index (κ3) is 3.06. The Bertz CT molecular complexity index is 673. The van der Waals surface area contributed by atoms with E-state index in [0.29, 0.717) is 0 Å². The van der Waals surface area contributed by atoms with Crippen LogP contribution >= 0.6 is 23.2 Å². The minimum Gasteiger partial charge on any atom is -0.359 e. The smallest absolute Gasteiger partial charge is 0.285 e. The van der Waals surface area contributed by atoms with E-state index in [0.717, 1.165) is 0 Å². The maximum absolute atomic E-state index is 12.3. The minimum atomic E-state index is -4.00. The number of ether oxygens (including phenoxy) is 1. The van der Waals surface area contributed by atoms with E-state index in [9.17, 15) is 8.42 Å². The maximum Gasteiger partial charge on any atom is 0.285 e. The standard InChI is InChI=1S/C11H11Cl2N3O3S/c1-19-11-10(14-5-6-15-11)16-20(17,18)8-4-2-3-7(12)9(8)13/h2-6,11,15H,1H3,(H,14,16)/t11-/m0/s1. The molecule has 2 rings (SSSR count). The highest BCUT2D eigenvalue weighted by Gasteiger charge is 2.23. The first-order valence-corrected chi connectivity index (χ1v) is 7.64. The summed E-state index contributed by atoms with van der Waals surface area (Å²) in [5.74, 6) is 0.103. The van der Waals surface area contributed by atoms with Crippen LogP contribution in [0.2, 0.25) is 10.0 Å². The molecule has 0 fully saturated rings. The molecule has 1 aromatic carbocycles. The fraction of sp³-hybridized carbons (Fsp3) is 0.182. The summed E-state index contributed by atoms with van der Waals surface area (Å²) in [6.07, 6.45) is 2.39. The minimum absolute atomic E-state index is 0.0632. The van der Waals surface area contributed by atoms with Gasteiger partial charge in [0.15, 0.2) is 12.1 Å². The van der Waals surface area contributed by atoms with E-state index < -0.39 is 16.3 Å². The zero-order valence-electron chi connectivity index (χ0n) is 10.3. The van der Waals surface area contributed by atoms with Gasteiger partial charge in [-0.3, -0.25) is 0 Å². The van der Waals surface area contributed by atoms with Crippen molar-refractivity contribution in [2.75, 3.05) is 7.11 Å². The van der Waals surface area contributed by atoms with E-state index in [2.05, 4.69) is 15.0 Å². The molecule has 1 aliphatic heterocycles. The second-order valence-corrected chi connectivity index (χ2v) is 6.12. The van der Waals surface area contributed by atoms with Crippen molar-refractivity contribution in [3.63, 3.8) is 0 Å². The largest absolute Gasteiger partial charge is 0.359 e. The normalized spacial score (nSPS) is 20.6. The number of amidine groups is 1. The summed E-state index contributed by atoms with van der Waals surface area (Å²) in [6.45, 7) is 0. The van der Waals surface area contributed by atoms with Gasteiger partial charge in [-0.1, -0.05) is 29.3 Å². The van der Waals surface area contributed by atoms with Gasteiger partial charge < -0.3 is 15.4 Å². The molecule has 0 aromatic heterocycles. The Balaban J connectivity index is 2.45. The fourth-order valence-corrected chi connectivity index (χ4v) is 3.27. The van der Waals surface area contributed by atoms with Crippen molar-refractivity contribution in [1.29, 1.82) is 0 Å². The molecule has 0 saturated carbocycles. The molecule has 108 valence electrons. The van der Waals surface area contributed by atoms with Gasteiger partial charge in [-0.05, 0) is 12.1 Å². The Morgan fingerprint density at radius 3 is 2.75 bits per heavy atom. The van der Waals surface area contributed by atoms with Crippen LogP contribution in [0.4, 0.5) is 0 Å². The van der Waals surface area contributed by atoms with E-state index in [4.69, 9.17) is 27.9 Å². The first-order valence-electron chi connectivity index (χ1n) is 5.45. The summed E-state index contributed by atoms with van der Waals surface area (Å²) in [5, 5.41) is 5.59. The SMILES string of the molecule is CO[C@@H]1NC=CNC1=NS(=O)(=O)c1cccc(Cl)c1Cl. The number of benzene rings is 1. The van der Waals surface area contributed by atoms with Crippen LogP contribution < -0.4 is 10.6 Å². The quantitative estimate of drug-likeness (QED) is 0.879. The second kappa shape index (κ2) is 6.01. The number of nitrogens with zero attached hydrogens (tertiary/aromatic N) is 1. The Morgan fingerprint density at radius 2 is 2.05 bits per heavy atom. The number of rotatable bonds is 3. The molecule has 6 nitrogen and oxygen atoms in total. The second-order valence-electron chi connectivity index (χ2n) is 3.76. The van der Waals surface area contributed by atoms with Gasteiger partial charge in [-0.15, -0.1) is 4.40 Å².